The molecular weight excluding hydrogens is 280 g/mol. The van der Waals surface area contributed by atoms with E-state index in [1.807, 2.05) is 6.07 Å². The number of hydrogen-bond donors (Lipinski definition) is 1. The Hall–Kier alpha value is -0.730. The third-order valence-corrected chi connectivity index (χ3v) is 4.51. The Balaban J connectivity index is 2.09. The zero-order valence-corrected chi connectivity index (χ0v) is 14.6. The van der Waals surface area contributed by atoms with E-state index in [-0.39, 0.29) is 5.54 Å². The molecule has 0 atom stereocenters. The minimum absolute atomic E-state index is 0.126. The Morgan fingerprint density at radius 3 is 2.52 bits per heavy atom. The van der Waals surface area contributed by atoms with Crippen molar-refractivity contribution >= 4 is 17.3 Å². The number of nitrogens with zero attached hydrogens (tertiary/aromatic N) is 1. The van der Waals surface area contributed by atoms with Gasteiger partial charge in [-0.3, -0.25) is 0 Å². The molecule has 1 aromatic rings. The lowest BCUT2D eigenvalue weighted by molar-refractivity contribution is 0.424. The first kappa shape index (κ1) is 16.6. The smallest absolute Gasteiger partial charge is 0.0426 e. The van der Waals surface area contributed by atoms with Crippen LogP contribution in [0.4, 0.5) is 5.69 Å². The first-order valence-electron chi connectivity index (χ1n) is 8.10. The fraction of sp³-hybridized carbons (Fsp3) is 0.667. The SMILES string of the molecule is CN(CC1CCCC1)c1cc(Cl)ccc1CNC(C)(C)C. The van der Waals surface area contributed by atoms with Gasteiger partial charge in [-0.1, -0.05) is 30.5 Å². The van der Waals surface area contributed by atoms with Crippen LogP contribution in [-0.2, 0) is 6.54 Å². The molecule has 21 heavy (non-hydrogen) atoms. The average molecular weight is 309 g/mol. The molecular formula is C18H29ClN2. The van der Waals surface area contributed by atoms with Gasteiger partial charge in [0, 0.05) is 36.4 Å². The molecule has 0 aliphatic heterocycles. The molecule has 1 aliphatic rings. The van der Waals surface area contributed by atoms with Gasteiger partial charge >= 0.3 is 0 Å². The molecule has 1 N–H and O–H groups in total. The highest BCUT2D eigenvalue weighted by Gasteiger charge is 2.19. The number of rotatable bonds is 5. The fourth-order valence-electron chi connectivity index (χ4n) is 3.08. The van der Waals surface area contributed by atoms with Crippen LogP contribution in [0.5, 0.6) is 0 Å². The van der Waals surface area contributed by atoms with Crippen molar-refractivity contribution in [2.24, 2.45) is 5.92 Å². The highest BCUT2D eigenvalue weighted by atomic mass is 35.5. The third-order valence-electron chi connectivity index (χ3n) is 4.27. The van der Waals surface area contributed by atoms with E-state index in [0.717, 1.165) is 24.0 Å². The van der Waals surface area contributed by atoms with Crippen LogP contribution in [0, 0.1) is 5.92 Å². The summed E-state index contributed by atoms with van der Waals surface area (Å²) in [7, 11) is 2.20. The lowest BCUT2D eigenvalue weighted by Crippen LogP contribution is -2.35. The molecule has 0 amide bonds. The predicted octanol–water partition coefficient (Wildman–Crippen LogP) is 4.85. The van der Waals surface area contributed by atoms with Crippen LogP contribution in [0.2, 0.25) is 5.02 Å². The van der Waals surface area contributed by atoms with E-state index < -0.39 is 0 Å². The molecule has 0 unspecified atom stereocenters. The summed E-state index contributed by atoms with van der Waals surface area (Å²) in [6, 6.07) is 6.26. The van der Waals surface area contributed by atoms with Gasteiger partial charge < -0.3 is 10.2 Å². The van der Waals surface area contributed by atoms with Gasteiger partial charge in [0.1, 0.15) is 0 Å². The number of anilines is 1. The van der Waals surface area contributed by atoms with Crippen LogP contribution in [-0.4, -0.2) is 19.1 Å². The van der Waals surface area contributed by atoms with Crippen LogP contribution in [0.25, 0.3) is 0 Å². The van der Waals surface area contributed by atoms with Crippen LogP contribution < -0.4 is 10.2 Å². The molecule has 1 saturated carbocycles. The molecule has 0 radical (unpaired) electrons. The monoisotopic (exact) mass is 308 g/mol. The van der Waals surface area contributed by atoms with Gasteiger partial charge in [-0.2, -0.15) is 0 Å². The Bertz CT molecular complexity index is 459. The Morgan fingerprint density at radius 2 is 1.90 bits per heavy atom. The second kappa shape index (κ2) is 7.02. The molecule has 2 rings (SSSR count). The van der Waals surface area contributed by atoms with Crippen molar-refractivity contribution in [2.75, 3.05) is 18.5 Å². The number of hydrogen-bond acceptors (Lipinski definition) is 2. The molecule has 118 valence electrons. The fourth-order valence-corrected chi connectivity index (χ4v) is 3.25. The molecule has 2 nitrogen and oxygen atoms in total. The van der Waals surface area contributed by atoms with Gasteiger partial charge in [0.2, 0.25) is 0 Å². The van der Waals surface area contributed by atoms with Gasteiger partial charge in [-0.25, -0.2) is 0 Å². The number of benzene rings is 1. The summed E-state index contributed by atoms with van der Waals surface area (Å²) < 4.78 is 0. The Morgan fingerprint density at radius 1 is 1.24 bits per heavy atom. The maximum Gasteiger partial charge on any atom is 0.0426 e. The van der Waals surface area contributed by atoms with Crippen LogP contribution in [0.15, 0.2) is 18.2 Å². The van der Waals surface area contributed by atoms with E-state index in [0.29, 0.717) is 0 Å². The van der Waals surface area contributed by atoms with Gasteiger partial charge in [-0.05, 0) is 57.2 Å². The van der Waals surface area contributed by atoms with Crippen molar-refractivity contribution in [2.45, 2.75) is 58.5 Å². The minimum Gasteiger partial charge on any atom is -0.374 e. The summed E-state index contributed by atoms with van der Waals surface area (Å²) in [5.74, 6) is 0.845. The zero-order valence-electron chi connectivity index (χ0n) is 13.9. The highest BCUT2D eigenvalue weighted by Crippen LogP contribution is 2.29. The molecule has 0 aromatic heterocycles. The van der Waals surface area contributed by atoms with Crippen molar-refractivity contribution in [3.8, 4) is 0 Å². The van der Waals surface area contributed by atoms with E-state index in [1.54, 1.807) is 0 Å². The van der Waals surface area contributed by atoms with Gasteiger partial charge in [-0.15, -0.1) is 0 Å². The maximum absolute atomic E-state index is 6.22. The molecule has 1 fully saturated rings. The second-order valence-electron chi connectivity index (χ2n) is 7.41. The topological polar surface area (TPSA) is 15.3 Å². The van der Waals surface area contributed by atoms with Crippen molar-refractivity contribution in [1.29, 1.82) is 0 Å². The molecule has 1 aromatic carbocycles. The first-order valence-corrected chi connectivity index (χ1v) is 8.47. The van der Waals surface area contributed by atoms with E-state index in [2.05, 4.69) is 50.2 Å². The zero-order chi connectivity index (χ0) is 15.5. The lowest BCUT2D eigenvalue weighted by atomic mass is 10.1. The van der Waals surface area contributed by atoms with Gasteiger partial charge in [0.05, 0.1) is 0 Å². The quantitative estimate of drug-likeness (QED) is 0.836. The molecule has 0 saturated heterocycles. The minimum atomic E-state index is 0.126. The number of nitrogens with one attached hydrogen (secondary N) is 1. The van der Waals surface area contributed by atoms with E-state index >= 15 is 0 Å². The van der Waals surface area contributed by atoms with Crippen LogP contribution >= 0.6 is 11.6 Å². The van der Waals surface area contributed by atoms with Crippen LogP contribution in [0.1, 0.15) is 52.0 Å². The third kappa shape index (κ3) is 5.19. The summed E-state index contributed by atoms with van der Waals surface area (Å²) in [4.78, 5) is 2.39. The molecule has 0 bridgehead atoms. The molecule has 1 aliphatic carbocycles. The summed E-state index contributed by atoms with van der Waals surface area (Å²) in [6.07, 6.45) is 5.54. The van der Waals surface area contributed by atoms with Gasteiger partial charge in [0.15, 0.2) is 0 Å². The van der Waals surface area contributed by atoms with Crippen molar-refractivity contribution in [1.82, 2.24) is 5.32 Å². The second-order valence-corrected chi connectivity index (χ2v) is 7.84. The summed E-state index contributed by atoms with van der Waals surface area (Å²) in [5, 5.41) is 4.40. The normalized spacial score (nSPS) is 16.4. The summed E-state index contributed by atoms with van der Waals surface area (Å²) in [6.45, 7) is 8.62. The summed E-state index contributed by atoms with van der Waals surface area (Å²) >= 11 is 6.22. The average Bonchev–Trinajstić information content (AvgIpc) is 2.89. The van der Waals surface area contributed by atoms with Gasteiger partial charge in [0.25, 0.3) is 0 Å². The largest absolute Gasteiger partial charge is 0.374 e. The molecule has 0 spiro atoms. The molecule has 0 heterocycles. The van der Waals surface area contributed by atoms with Crippen molar-refractivity contribution in [3.05, 3.63) is 28.8 Å². The van der Waals surface area contributed by atoms with Crippen molar-refractivity contribution < 1.29 is 0 Å². The van der Waals surface area contributed by atoms with E-state index in [9.17, 15) is 0 Å². The Labute approximate surface area is 134 Å². The molecule has 3 heteroatoms. The first-order chi connectivity index (χ1) is 9.85. The maximum atomic E-state index is 6.22. The predicted molar refractivity (Wildman–Crippen MR) is 93.3 cm³/mol. The standard InChI is InChI=1S/C18H29ClN2/c1-18(2,3)20-12-15-9-10-16(19)11-17(15)21(4)13-14-7-5-6-8-14/h9-11,14,20H,5-8,12-13H2,1-4H3. The highest BCUT2D eigenvalue weighted by molar-refractivity contribution is 6.30. The van der Waals surface area contributed by atoms with Crippen LogP contribution in [0.3, 0.4) is 0 Å². The summed E-state index contributed by atoms with van der Waals surface area (Å²) in [5.41, 5.74) is 2.72. The van der Waals surface area contributed by atoms with E-state index in [4.69, 9.17) is 11.6 Å². The Kier molecular flexibility index (Phi) is 5.56. The number of halogens is 1. The van der Waals surface area contributed by atoms with E-state index in [1.165, 1.54) is 36.9 Å². The van der Waals surface area contributed by atoms with Crippen molar-refractivity contribution in [3.63, 3.8) is 0 Å². The lowest BCUT2D eigenvalue weighted by Gasteiger charge is -2.27.